The molecular weight excluding hydrogens is 432 g/mol. The molecule has 0 spiro atoms. The smallest absolute Gasteiger partial charge is 0.306 e. The van der Waals surface area contributed by atoms with E-state index >= 15 is 0 Å². The summed E-state index contributed by atoms with van der Waals surface area (Å²) in [6, 6.07) is 10.1. The maximum absolute atomic E-state index is 12.7. The van der Waals surface area contributed by atoms with Crippen LogP contribution in [0.5, 0.6) is 0 Å². The van der Waals surface area contributed by atoms with Crippen LogP contribution in [0, 0.1) is 0 Å². The van der Waals surface area contributed by atoms with Crippen molar-refractivity contribution in [2.45, 2.75) is 121 Å². The number of esters is 1. The largest absolute Gasteiger partial charge is 0.459 e. The average Bonchev–Trinajstić information content (AvgIpc) is 3.29. The van der Waals surface area contributed by atoms with E-state index < -0.39 is 30.4 Å². The molecule has 6 nitrogen and oxygen atoms in total. The summed E-state index contributed by atoms with van der Waals surface area (Å²) in [5.74, 6) is -0.899. The number of hydrogen-bond acceptors (Lipinski definition) is 6. The Bertz CT molecular complexity index is 791. The molecule has 5 atom stereocenters. The van der Waals surface area contributed by atoms with Crippen LogP contribution in [0.1, 0.15) is 83.6 Å². The molecule has 3 heterocycles. The molecular formula is C28H40O6. The van der Waals surface area contributed by atoms with Crippen molar-refractivity contribution in [3.8, 4) is 0 Å². The van der Waals surface area contributed by atoms with Crippen LogP contribution in [0.15, 0.2) is 42.5 Å². The number of fused-ring (bicyclic) bond motifs is 1. The Morgan fingerprint density at radius 1 is 0.912 bits per heavy atom. The van der Waals surface area contributed by atoms with Crippen LogP contribution >= 0.6 is 0 Å². The van der Waals surface area contributed by atoms with Crippen LogP contribution in [0.4, 0.5) is 0 Å². The second-order valence-corrected chi connectivity index (χ2v) is 10.1. The zero-order chi connectivity index (χ0) is 23.8. The molecule has 6 heteroatoms. The molecule has 0 aromatic heterocycles. The first-order valence-electron chi connectivity index (χ1n) is 13.0. The summed E-state index contributed by atoms with van der Waals surface area (Å²) in [7, 11) is 0. The van der Waals surface area contributed by atoms with Crippen LogP contribution in [0.3, 0.4) is 0 Å². The molecule has 0 unspecified atom stereocenters. The number of cyclic esters (lactones) is 1. The van der Waals surface area contributed by atoms with E-state index in [1.807, 2.05) is 44.2 Å². The van der Waals surface area contributed by atoms with E-state index in [1.54, 1.807) is 0 Å². The van der Waals surface area contributed by atoms with Gasteiger partial charge in [0.15, 0.2) is 12.1 Å². The number of benzene rings is 1. The molecule has 1 aromatic carbocycles. The third-order valence-electron chi connectivity index (χ3n) is 6.75. The standard InChI is InChI=1S/C28H40O6/c1-28(2)33-26-25(30-20-21-16-12-11-13-17-21)24(32-27(26)34-28)22-18-14-9-7-5-3-4-6-8-10-15-19-23(29)31-22/h7,9,11-13,16-17,22,24-27H,3-6,8,10,14-15,18-20H2,1-2H3/b9-7+/t22-,24+,25-,26+,27+/m0/s1. The SMILES string of the molecule is CC1(C)O[C@H]2O[C@H]([C@@H]3CC/C=C/CCCCCCCCC(=O)O3)[C@H](OCc3ccccc3)[C@H]2O1. The topological polar surface area (TPSA) is 63.2 Å². The minimum Gasteiger partial charge on any atom is -0.459 e. The number of carbonyl (C=O) groups excluding carboxylic acids is 1. The van der Waals surface area contributed by atoms with E-state index in [9.17, 15) is 4.79 Å². The van der Waals surface area contributed by atoms with E-state index in [2.05, 4.69) is 12.2 Å². The first-order chi connectivity index (χ1) is 16.5. The Morgan fingerprint density at radius 3 is 2.47 bits per heavy atom. The number of hydrogen-bond donors (Lipinski definition) is 0. The van der Waals surface area contributed by atoms with Crippen molar-refractivity contribution in [1.82, 2.24) is 0 Å². The van der Waals surface area contributed by atoms with Gasteiger partial charge >= 0.3 is 5.97 Å². The Morgan fingerprint density at radius 2 is 1.65 bits per heavy atom. The first kappa shape index (κ1) is 25.4. The van der Waals surface area contributed by atoms with Crippen molar-refractivity contribution in [3.63, 3.8) is 0 Å². The lowest BCUT2D eigenvalue weighted by molar-refractivity contribution is -0.233. The Balaban J connectivity index is 1.48. The van der Waals surface area contributed by atoms with Gasteiger partial charge in [0.05, 0.1) is 6.61 Å². The van der Waals surface area contributed by atoms with Crippen LogP contribution in [-0.4, -0.2) is 42.5 Å². The summed E-state index contributed by atoms with van der Waals surface area (Å²) in [5.41, 5.74) is 1.07. The van der Waals surface area contributed by atoms with Gasteiger partial charge in [-0.1, -0.05) is 68.2 Å². The van der Waals surface area contributed by atoms with Gasteiger partial charge in [0.1, 0.15) is 24.4 Å². The van der Waals surface area contributed by atoms with E-state index in [0.29, 0.717) is 19.4 Å². The van der Waals surface area contributed by atoms with Crippen molar-refractivity contribution < 1.29 is 28.5 Å². The van der Waals surface area contributed by atoms with Gasteiger partial charge in [0.25, 0.3) is 0 Å². The van der Waals surface area contributed by atoms with Gasteiger partial charge in [-0.15, -0.1) is 0 Å². The van der Waals surface area contributed by atoms with Gasteiger partial charge in [0, 0.05) is 6.42 Å². The quantitative estimate of drug-likeness (QED) is 0.406. The van der Waals surface area contributed by atoms with Gasteiger partial charge in [-0.25, -0.2) is 0 Å². The highest BCUT2D eigenvalue weighted by Gasteiger charge is 2.57. The molecule has 188 valence electrons. The summed E-state index contributed by atoms with van der Waals surface area (Å²) in [6.07, 6.45) is 12.2. The Kier molecular flexibility index (Phi) is 9.17. The fourth-order valence-electron chi connectivity index (χ4n) is 5.01. The first-order valence-corrected chi connectivity index (χ1v) is 13.0. The summed E-state index contributed by atoms with van der Waals surface area (Å²) in [5, 5.41) is 0. The Labute approximate surface area is 203 Å². The van der Waals surface area contributed by atoms with Crippen molar-refractivity contribution in [2.24, 2.45) is 0 Å². The van der Waals surface area contributed by atoms with E-state index in [4.69, 9.17) is 23.7 Å². The average molecular weight is 473 g/mol. The number of rotatable bonds is 4. The van der Waals surface area contributed by atoms with Crippen LogP contribution in [0.2, 0.25) is 0 Å². The van der Waals surface area contributed by atoms with Gasteiger partial charge in [0.2, 0.25) is 0 Å². The van der Waals surface area contributed by atoms with Gasteiger partial charge in [-0.05, 0) is 51.5 Å². The van der Waals surface area contributed by atoms with Crippen LogP contribution < -0.4 is 0 Å². The normalized spacial score (nSPS) is 33.9. The molecule has 0 saturated carbocycles. The summed E-state index contributed by atoms with van der Waals surface area (Å²) >= 11 is 0. The maximum atomic E-state index is 12.7. The van der Waals surface area contributed by atoms with Gasteiger partial charge in [-0.2, -0.15) is 0 Å². The predicted molar refractivity (Wildman–Crippen MR) is 129 cm³/mol. The molecule has 1 aromatic rings. The van der Waals surface area contributed by atoms with Crippen molar-refractivity contribution in [1.29, 1.82) is 0 Å². The monoisotopic (exact) mass is 472 g/mol. The fourth-order valence-corrected chi connectivity index (χ4v) is 5.01. The zero-order valence-corrected chi connectivity index (χ0v) is 20.7. The molecule has 0 N–H and O–H groups in total. The molecule has 3 aliphatic rings. The lowest BCUT2D eigenvalue weighted by atomic mass is 10.0. The molecule has 0 amide bonds. The Hall–Kier alpha value is -1.73. The molecule has 4 rings (SSSR count). The second kappa shape index (κ2) is 12.3. The molecule has 0 bridgehead atoms. The third-order valence-corrected chi connectivity index (χ3v) is 6.75. The zero-order valence-electron chi connectivity index (χ0n) is 20.7. The van der Waals surface area contributed by atoms with Crippen molar-refractivity contribution >= 4 is 5.97 Å². The summed E-state index contributed by atoms with van der Waals surface area (Å²) < 4.78 is 30.9. The number of ether oxygens (including phenoxy) is 5. The lowest BCUT2D eigenvalue weighted by Crippen LogP contribution is -2.44. The molecule has 34 heavy (non-hydrogen) atoms. The number of carbonyl (C=O) groups is 1. The number of allylic oxidation sites excluding steroid dienone is 2. The van der Waals surface area contributed by atoms with Gasteiger partial charge < -0.3 is 23.7 Å². The molecule has 0 radical (unpaired) electrons. The second-order valence-electron chi connectivity index (χ2n) is 10.1. The van der Waals surface area contributed by atoms with E-state index in [0.717, 1.165) is 31.2 Å². The van der Waals surface area contributed by atoms with E-state index in [-0.39, 0.29) is 12.1 Å². The fraction of sp³-hybridized carbons (Fsp3) is 0.679. The van der Waals surface area contributed by atoms with Crippen LogP contribution in [0.25, 0.3) is 0 Å². The van der Waals surface area contributed by atoms with Crippen LogP contribution in [-0.2, 0) is 35.1 Å². The summed E-state index contributed by atoms with van der Waals surface area (Å²) in [4.78, 5) is 12.7. The minimum absolute atomic E-state index is 0.159. The minimum atomic E-state index is -0.740. The third kappa shape index (κ3) is 7.14. The molecule has 3 aliphatic heterocycles. The van der Waals surface area contributed by atoms with Crippen molar-refractivity contribution in [3.05, 3.63) is 48.0 Å². The van der Waals surface area contributed by atoms with E-state index in [1.165, 1.54) is 25.7 Å². The lowest BCUT2D eigenvalue weighted by Gasteiger charge is -2.31. The van der Waals surface area contributed by atoms with Crippen molar-refractivity contribution in [2.75, 3.05) is 0 Å². The molecule has 2 saturated heterocycles. The molecule has 0 aliphatic carbocycles. The highest BCUT2D eigenvalue weighted by atomic mass is 16.8. The molecule has 2 fully saturated rings. The predicted octanol–water partition coefficient (Wildman–Crippen LogP) is 5.83. The summed E-state index contributed by atoms with van der Waals surface area (Å²) in [6.45, 7) is 4.19. The van der Waals surface area contributed by atoms with Gasteiger partial charge in [-0.3, -0.25) is 4.79 Å². The highest BCUT2D eigenvalue weighted by Crippen LogP contribution is 2.41. The highest BCUT2D eigenvalue weighted by molar-refractivity contribution is 5.69. The maximum Gasteiger partial charge on any atom is 0.306 e.